The SMILES string of the molecule is Cc1cc(-c2ccc(F)cc2)c(/C=C/[C@@H](O)C[C@H](O)CC(=O)O)o1. The predicted octanol–water partition coefficient (Wildman–Crippen LogP) is 2.99. The minimum Gasteiger partial charge on any atom is -0.481 e. The fourth-order valence-electron chi connectivity index (χ4n) is 2.35. The number of hydrogen-bond donors (Lipinski definition) is 3. The van der Waals surface area contributed by atoms with E-state index in [9.17, 15) is 19.4 Å². The third-order valence-electron chi connectivity index (χ3n) is 3.43. The summed E-state index contributed by atoms with van der Waals surface area (Å²) in [6, 6.07) is 7.76. The van der Waals surface area contributed by atoms with E-state index in [0.717, 1.165) is 11.1 Å². The van der Waals surface area contributed by atoms with Crippen LogP contribution < -0.4 is 0 Å². The molecule has 128 valence electrons. The quantitative estimate of drug-likeness (QED) is 0.724. The average Bonchev–Trinajstić information content (AvgIpc) is 2.86. The molecule has 2 aromatic rings. The maximum absolute atomic E-state index is 13.0. The van der Waals surface area contributed by atoms with E-state index in [0.29, 0.717) is 11.5 Å². The van der Waals surface area contributed by atoms with Crippen molar-refractivity contribution in [3.8, 4) is 11.1 Å². The Morgan fingerprint density at radius 2 is 1.96 bits per heavy atom. The number of carboxylic acids is 1. The summed E-state index contributed by atoms with van der Waals surface area (Å²) in [5.41, 5.74) is 1.52. The van der Waals surface area contributed by atoms with Crippen LogP contribution in [0.3, 0.4) is 0 Å². The molecule has 3 N–H and O–H groups in total. The molecule has 24 heavy (non-hydrogen) atoms. The second-order valence-electron chi connectivity index (χ2n) is 5.56. The third kappa shape index (κ3) is 5.04. The number of aliphatic carboxylic acids is 1. The Labute approximate surface area is 138 Å². The highest BCUT2D eigenvalue weighted by Gasteiger charge is 2.14. The smallest absolute Gasteiger partial charge is 0.305 e. The van der Waals surface area contributed by atoms with Gasteiger partial charge in [-0.15, -0.1) is 0 Å². The standard InChI is InChI=1S/C18H19FO5/c1-11-8-16(12-2-4-13(19)5-3-12)17(24-11)7-6-14(20)9-15(21)10-18(22)23/h2-8,14-15,20-21H,9-10H2,1H3,(H,22,23)/b7-6+/t14-,15+/m1/s1. The number of carboxylic acid groups (broad SMARTS) is 1. The Balaban J connectivity index is 2.12. The molecule has 1 heterocycles. The largest absolute Gasteiger partial charge is 0.481 e. The maximum Gasteiger partial charge on any atom is 0.305 e. The van der Waals surface area contributed by atoms with Crippen LogP contribution in [0.15, 0.2) is 40.8 Å². The molecular weight excluding hydrogens is 315 g/mol. The van der Waals surface area contributed by atoms with Crippen molar-refractivity contribution in [1.29, 1.82) is 0 Å². The average molecular weight is 334 g/mol. The van der Waals surface area contributed by atoms with Crippen LogP contribution in [0.25, 0.3) is 17.2 Å². The van der Waals surface area contributed by atoms with Crippen LogP contribution in [0, 0.1) is 12.7 Å². The van der Waals surface area contributed by atoms with Gasteiger partial charge in [-0.25, -0.2) is 4.39 Å². The van der Waals surface area contributed by atoms with Crippen molar-refractivity contribution in [1.82, 2.24) is 0 Å². The molecule has 2 atom stereocenters. The Morgan fingerprint density at radius 1 is 1.29 bits per heavy atom. The highest BCUT2D eigenvalue weighted by atomic mass is 19.1. The van der Waals surface area contributed by atoms with E-state index in [1.807, 2.05) is 0 Å². The van der Waals surface area contributed by atoms with E-state index >= 15 is 0 Å². The maximum atomic E-state index is 13.0. The van der Waals surface area contributed by atoms with Crippen LogP contribution in [0.1, 0.15) is 24.4 Å². The van der Waals surface area contributed by atoms with E-state index in [1.165, 1.54) is 18.2 Å². The molecule has 5 nitrogen and oxygen atoms in total. The second-order valence-corrected chi connectivity index (χ2v) is 5.56. The lowest BCUT2D eigenvalue weighted by Crippen LogP contribution is -2.19. The van der Waals surface area contributed by atoms with Crippen molar-refractivity contribution in [3.63, 3.8) is 0 Å². The van der Waals surface area contributed by atoms with Crippen LogP contribution in [-0.2, 0) is 4.79 Å². The van der Waals surface area contributed by atoms with E-state index in [2.05, 4.69) is 0 Å². The molecule has 0 spiro atoms. The Morgan fingerprint density at radius 3 is 2.58 bits per heavy atom. The lowest BCUT2D eigenvalue weighted by atomic mass is 10.0. The van der Waals surface area contributed by atoms with Gasteiger partial charge in [0.25, 0.3) is 0 Å². The van der Waals surface area contributed by atoms with Crippen LogP contribution >= 0.6 is 0 Å². The molecule has 0 aliphatic carbocycles. The van der Waals surface area contributed by atoms with Gasteiger partial charge in [0.2, 0.25) is 0 Å². The monoisotopic (exact) mass is 334 g/mol. The number of aliphatic hydroxyl groups is 2. The molecule has 6 heteroatoms. The lowest BCUT2D eigenvalue weighted by Gasteiger charge is -2.10. The summed E-state index contributed by atoms with van der Waals surface area (Å²) in [6.45, 7) is 1.78. The van der Waals surface area contributed by atoms with Crippen molar-refractivity contribution in [2.45, 2.75) is 32.0 Å². The van der Waals surface area contributed by atoms with E-state index < -0.39 is 24.6 Å². The van der Waals surface area contributed by atoms with E-state index in [-0.39, 0.29) is 12.2 Å². The highest BCUT2D eigenvalue weighted by molar-refractivity contribution is 5.73. The lowest BCUT2D eigenvalue weighted by molar-refractivity contribution is -0.139. The summed E-state index contributed by atoms with van der Waals surface area (Å²) in [6.07, 6.45) is 0.336. The highest BCUT2D eigenvalue weighted by Crippen LogP contribution is 2.28. The molecule has 0 saturated carbocycles. The molecule has 0 aliphatic heterocycles. The van der Waals surface area contributed by atoms with Gasteiger partial charge < -0.3 is 19.7 Å². The normalized spacial score (nSPS) is 14.0. The van der Waals surface area contributed by atoms with Gasteiger partial charge in [0, 0.05) is 12.0 Å². The van der Waals surface area contributed by atoms with E-state index in [4.69, 9.17) is 9.52 Å². The Kier molecular flexibility index (Phi) is 5.89. The molecule has 1 aromatic heterocycles. The first-order valence-electron chi connectivity index (χ1n) is 7.47. The summed E-state index contributed by atoms with van der Waals surface area (Å²) < 4.78 is 18.6. The number of aliphatic hydroxyl groups excluding tert-OH is 2. The number of aryl methyl sites for hydroxylation is 1. The molecular formula is C18H19FO5. The number of furan rings is 1. The minimum atomic E-state index is -1.13. The first kappa shape index (κ1) is 17.9. The van der Waals surface area contributed by atoms with Crippen molar-refractivity contribution in [2.75, 3.05) is 0 Å². The van der Waals surface area contributed by atoms with Gasteiger partial charge in [-0.3, -0.25) is 4.79 Å². The summed E-state index contributed by atoms with van der Waals surface area (Å²) in [5, 5.41) is 28.0. The van der Waals surface area contributed by atoms with Gasteiger partial charge in [-0.05, 0) is 36.8 Å². The fourth-order valence-corrected chi connectivity index (χ4v) is 2.35. The minimum absolute atomic E-state index is 0.0889. The topological polar surface area (TPSA) is 90.9 Å². The number of carbonyl (C=O) groups is 1. The van der Waals surface area contributed by atoms with Crippen molar-refractivity contribution >= 4 is 12.0 Å². The summed E-state index contributed by atoms with van der Waals surface area (Å²) in [5.74, 6) is -0.307. The number of hydrogen-bond acceptors (Lipinski definition) is 4. The number of rotatable bonds is 7. The number of benzene rings is 1. The molecule has 0 saturated heterocycles. The third-order valence-corrected chi connectivity index (χ3v) is 3.43. The van der Waals surface area contributed by atoms with Crippen LogP contribution in [0.5, 0.6) is 0 Å². The molecule has 0 fully saturated rings. The van der Waals surface area contributed by atoms with Crippen molar-refractivity contribution < 1.29 is 28.9 Å². The van der Waals surface area contributed by atoms with Gasteiger partial charge in [-0.1, -0.05) is 18.2 Å². The molecule has 2 rings (SSSR count). The molecule has 1 aromatic carbocycles. The van der Waals surface area contributed by atoms with Crippen LogP contribution in [0.2, 0.25) is 0 Å². The summed E-state index contributed by atoms with van der Waals surface area (Å²) in [4.78, 5) is 10.5. The summed E-state index contributed by atoms with van der Waals surface area (Å²) >= 11 is 0. The first-order chi connectivity index (χ1) is 11.3. The Bertz CT molecular complexity index is 718. The van der Waals surface area contributed by atoms with Gasteiger partial charge >= 0.3 is 5.97 Å². The van der Waals surface area contributed by atoms with Crippen molar-refractivity contribution in [2.24, 2.45) is 0 Å². The fraction of sp³-hybridized carbons (Fsp3) is 0.278. The predicted molar refractivity (Wildman–Crippen MR) is 86.8 cm³/mol. The zero-order valence-corrected chi connectivity index (χ0v) is 13.1. The molecule has 0 unspecified atom stereocenters. The van der Waals surface area contributed by atoms with Crippen molar-refractivity contribution in [3.05, 3.63) is 53.7 Å². The zero-order valence-electron chi connectivity index (χ0n) is 13.1. The zero-order chi connectivity index (χ0) is 17.7. The van der Waals surface area contributed by atoms with Gasteiger partial charge in [-0.2, -0.15) is 0 Å². The van der Waals surface area contributed by atoms with Gasteiger partial charge in [0.15, 0.2) is 0 Å². The Hall–Kier alpha value is -2.44. The summed E-state index contributed by atoms with van der Waals surface area (Å²) in [7, 11) is 0. The molecule has 0 radical (unpaired) electrons. The van der Waals surface area contributed by atoms with Crippen LogP contribution in [0.4, 0.5) is 4.39 Å². The van der Waals surface area contributed by atoms with Gasteiger partial charge in [0.1, 0.15) is 17.3 Å². The van der Waals surface area contributed by atoms with Gasteiger partial charge in [0.05, 0.1) is 18.6 Å². The number of halogens is 1. The molecule has 0 aliphatic rings. The van der Waals surface area contributed by atoms with Crippen LogP contribution in [-0.4, -0.2) is 33.5 Å². The first-order valence-corrected chi connectivity index (χ1v) is 7.47. The second kappa shape index (κ2) is 7.90. The van der Waals surface area contributed by atoms with E-state index in [1.54, 1.807) is 31.2 Å². The molecule has 0 amide bonds. The molecule has 0 bridgehead atoms.